The molecule has 0 saturated heterocycles. The maximum atomic E-state index is 9.14. The molecule has 0 saturated carbocycles. The van der Waals surface area contributed by atoms with Crippen LogP contribution in [0.2, 0.25) is 0 Å². The lowest BCUT2D eigenvalue weighted by molar-refractivity contribution is 0.666. The second kappa shape index (κ2) is 5.01. The Morgan fingerprint density at radius 2 is 2.11 bits per heavy atom. The molecule has 1 aliphatic carbocycles. The van der Waals surface area contributed by atoms with Gasteiger partial charge in [0.2, 0.25) is 0 Å². The Bertz CT molecular complexity index is 665. The second-order valence-electron chi connectivity index (χ2n) is 5.22. The summed E-state index contributed by atoms with van der Waals surface area (Å²) in [6.45, 7) is 2.17. The molecule has 0 amide bonds. The van der Waals surface area contributed by atoms with Gasteiger partial charge in [0, 0.05) is 11.1 Å². The summed E-state index contributed by atoms with van der Waals surface area (Å²) >= 11 is 0. The van der Waals surface area contributed by atoms with Crippen molar-refractivity contribution in [2.24, 2.45) is 0 Å². The zero-order valence-corrected chi connectivity index (χ0v) is 11.4. The van der Waals surface area contributed by atoms with Gasteiger partial charge in [0.15, 0.2) is 0 Å². The summed E-state index contributed by atoms with van der Waals surface area (Å²) in [5.74, 6) is 0. The zero-order valence-electron chi connectivity index (χ0n) is 11.4. The Labute approximate surface area is 114 Å². The number of aromatic nitrogens is 1. The number of nitrogens with zero attached hydrogens (tertiary/aromatic N) is 2. The number of pyridine rings is 1. The van der Waals surface area contributed by atoms with Gasteiger partial charge < -0.3 is 0 Å². The normalized spacial score (nSPS) is 14.1. The van der Waals surface area contributed by atoms with E-state index >= 15 is 0 Å². The van der Waals surface area contributed by atoms with Gasteiger partial charge in [0.05, 0.1) is 18.0 Å². The van der Waals surface area contributed by atoms with E-state index in [0.717, 1.165) is 24.8 Å². The molecule has 0 fully saturated rings. The minimum atomic E-state index is 0.508. The van der Waals surface area contributed by atoms with Gasteiger partial charge in [-0.25, -0.2) is 0 Å². The zero-order chi connectivity index (χ0) is 13.2. The van der Waals surface area contributed by atoms with E-state index in [1.165, 1.54) is 40.6 Å². The average molecular weight is 250 g/mol. The van der Waals surface area contributed by atoms with Crippen molar-refractivity contribution in [1.29, 1.82) is 5.26 Å². The van der Waals surface area contributed by atoms with Crippen molar-refractivity contribution < 1.29 is 0 Å². The first-order valence-corrected chi connectivity index (χ1v) is 7.14. The predicted molar refractivity (Wildman–Crippen MR) is 77.1 cm³/mol. The van der Waals surface area contributed by atoms with Crippen LogP contribution in [0.15, 0.2) is 18.2 Å². The van der Waals surface area contributed by atoms with Crippen molar-refractivity contribution in [3.8, 4) is 6.07 Å². The largest absolute Gasteiger partial charge is 0.252 e. The summed E-state index contributed by atoms with van der Waals surface area (Å²) in [6, 6.07) is 8.71. The van der Waals surface area contributed by atoms with E-state index in [4.69, 9.17) is 10.2 Å². The van der Waals surface area contributed by atoms with Crippen LogP contribution in [0.5, 0.6) is 0 Å². The van der Waals surface area contributed by atoms with Gasteiger partial charge in [0.25, 0.3) is 0 Å². The molecular formula is C17H18N2. The van der Waals surface area contributed by atoms with E-state index in [-0.39, 0.29) is 0 Å². The number of aryl methyl sites for hydroxylation is 2. The summed E-state index contributed by atoms with van der Waals surface area (Å²) in [5.41, 5.74) is 6.25. The van der Waals surface area contributed by atoms with E-state index in [0.29, 0.717) is 6.42 Å². The quantitative estimate of drug-likeness (QED) is 0.814. The van der Waals surface area contributed by atoms with E-state index in [2.05, 4.69) is 31.2 Å². The van der Waals surface area contributed by atoms with Crippen LogP contribution in [0.1, 0.15) is 42.1 Å². The first kappa shape index (κ1) is 12.2. The number of para-hydroxylation sites is 1. The number of hydrogen-bond donors (Lipinski definition) is 0. The molecule has 0 bridgehead atoms. The molecule has 2 nitrogen and oxygen atoms in total. The number of hydrogen-bond acceptors (Lipinski definition) is 2. The lowest BCUT2D eigenvalue weighted by atomic mass is 9.88. The molecule has 0 radical (unpaired) electrons. The predicted octanol–water partition coefficient (Wildman–Crippen LogP) is 3.74. The summed E-state index contributed by atoms with van der Waals surface area (Å²) in [7, 11) is 0. The molecule has 0 atom stereocenters. The molecule has 0 unspecified atom stereocenters. The molecule has 0 aliphatic heterocycles. The Balaban J connectivity index is 2.35. The smallest absolute Gasteiger partial charge is 0.0740 e. The highest BCUT2D eigenvalue weighted by Gasteiger charge is 2.18. The molecular weight excluding hydrogens is 232 g/mol. The second-order valence-corrected chi connectivity index (χ2v) is 5.22. The molecule has 3 rings (SSSR count). The summed E-state index contributed by atoms with van der Waals surface area (Å²) < 4.78 is 0. The van der Waals surface area contributed by atoms with Gasteiger partial charge in [-0.05, 0) is 48.8 Å². The molecule has 1 aromatic heterocycles. The van der Waals surface area contributed by atoms with Crippen LogP contribution in [-0.4, -0.2) is 4.98 Å². The summed E-state index contributed by atoms with van der Waals surface area (Å²) in [6.07, 6.45) is 6.12. The molecule has 1 heterocycles. The van der Waals surface area contributed by atoms with Crippen molar-refractivity contribution in [3.63, 3.8) is 0 Å². The summed E-state index contributed by atoms with van der Waals surface area (Å²) in [4.78, 5) is 4.92. The Morgan fingerprint density at radius 1 is 1.26 bits per heavy atom. The standard InChI is InChI=1S/C17H18N2/c1-2-12-6-5-8-15-13(10-11-18)14-7-3-4-9-16(14)19-17(12)15/h5-6,8H,2-4,7,9-10H2,1H3. The topological polar surface area (TPSA) is 36.7 Å². The van der Waals surface area contributed by atoms with Crippen molar-refractivity contribution in [2.45, 2.75) is 45.4 Å². The third-order valence-corrected chi connectivity index (χ3v) is 4.13. The van der Waals surface area contributed by atoms with Gasteiger partial charge in [-0.2, -0.15) is 5.26 Å². The van der Waals surface area contributed by atoms with Crippen molar-refractivity contribution in [1.82, 2.24) is 4.98 Å². The third-order valence-electron chi connectivity index (χ3n) is 4.13. The lowest BCUT2D eigenvalue weighted by Crippen LogP contribution is -2.10. The number of benzene rings is 1. The van der Waals surface area contributed by atoms with Gasteiger partial charge >= 0.3 is 0 Å². The van der Waals surface area contributed by atoms with Crippen LogP contribution < -0.4 is 0 Å². The van der Waals surface area contributed by atoms with Crippen LogP contribution >= 0.6 is 0 Å². The highest BCUT2D eigenvalue weighted by Crippen LogP contribution is 2.31. The maximum Gasteiger partial charge on any atom is 0.0740 e. The monoisotopic (exact) mass is 250 g/mol. The Morgan fingerprint density at radius 3 is 2.89 bits per heavy atom. The number of nitriles is 1. The highest BCUT2D eigenvalue weighted by atomic mass is 14.7. The van der Waals surface area contributed by atoms with Crippen LogP contribution in [-0.2, 0) is 25.7 Å². The van der Waals surface area contributed by atoms with E-state index in [9.17, 15) is 0 Å². The van der Waals surface area contributed by atoms with E-state index in [1.807, 2.05) is 0 Å². The minimum absolute atomic E-state index is 0.508. The average Bonchev–Trinajstić information content (AvgIpc) is 2.46. The molecule has 1 aromatic carbocycles. The molecule has 2 aromatic rings. The van der Waals surface area contributed by atoms with E-state index in [1.54, 1.807) is 0 Å². The maximum absolute atomic E-state index is 9.14. The van der Waals surface area contributed by atoms with Gasteiger partial charge in [-0.1, -0.05) is 25.1 Å². The molecule has 1 aliphatic rings. The third kappa shape index (κ3) is 2.00. The molecule has 0 spiro atoms. The Kier molecular flexibility index (Phi) is 3.21. The van der Waals surface area contributed by atoms with E-state index < -0.39 is 0 Å². The van der Waals surface area contributed by atoms with Crippen molar-refractivity contribution >= 4 is 10.9 Å². The van der Waals surface area contributed by atoms with Crippen LogP contribution in [0.25, 0.3) is 10.9 Å². The first-order chi connectivity index (χ1) is 9.35. The van der Waals surface area contributed by atoms with Crippen LogP contribution in [0.4, 0.5) is 0 Å². The molecule has 0 N–H and O–H groups in total. The summed E-state index contributed by atoms with van der Waals surface area (Å²) in [5, 5.41) is 10.3. The SMILES string of the molecule is CCc1cccc2c(CC#N)c3c(nc12)CCCC3. The molecule has 2 heteroatoms. The number of fused-ring (bicyclic) bond motifs is 2. The Hall–Kier alpha value is -1.88. The highest BCUT2D eigenvalue weighted by molar-refractivity contribution is 5.87. The van der Waals surface area contributed by atoms with Gasteiger partial charge in [0.1, 0.15) is 0 Å². The van der Waals surface area contributed by atoms with Gasteiger partial charge in [-0.3, -0.25) is 4.98 Å². The molecule has 19 heavy (non-hydrogen) atoms. The van der Waals surface area contributed by atoms with Crippen molar-refractivity contribution in [2.75, 3.05) is 0 Å². The van der Waals surface area contributed by atoms with Crippen molar-refractivity contribution in [3.05, 3.63) is 40.6 Å². The fraction of sp³-hybridized carbons (Fsp3) is 0.412. The fourth-order valence-electron chi connectivity index (χ4n) is 3.17. The number of rotatable bonds is 2. The first-order valence-electron chi connectivity index (χ1n) is 7.14. The minimum Gasteiger partial charge on any atom is -0.252 e. The van der Waals surface area contributed by atoms with Gasteiger partial charge in [-0.15, -0.1) is 0 Å². The van der Waals surface area contributed by atoms with Crippen LogP contribution in [0.3, 0.4) is 0 Å². The molecule has 96 valence electrons. The fourth-order valence-corrected chi connectivity index (χ4v) is 3.17. The lowest BCUT2D eigenvalue weighted by Gasteiger charge is -2.20. The van der Waals surface area contributed by atoms with Crippen LogP contribution in [0, 0.1) is 11.3 Å².